The fourth-order valence-electron chi connectivity index (χ4n) is 2.39. The van der Waals surface area contributed by atoms with E-state index in [1.54, 1.807) is 17.5 Å². The number of hydrogen-bond acceptors (Lipinski definition) is 4. The van der Waals surface area contributed by atoms with Crippen LogP contribution in [0.3, 0.4) is 0 Å². The van der Waals surface area contributed by atoms with E-state index in [1.807, 2.05) is 0 Å². The third-order valence-corrected chi connectivity index (χ3v) is 4.36. The topological polar surface area (TPSA) is 65.8 Å². The van der Waals surface area contributed by atoms with Crippen molar-refractivity contribution in [2.75, 3.05) is 5.73 Å². The van der Waals surface area contributed by atoms with E-state index >= 15 is 0 Å². The molecule has 0 spiro atoms. The summed E-state index contributed by atoms with van der Waals surface area (Å²) in [6, 6.07) is 4.20. The molecular formula is C12H13N3OS. The van der Waals surface area contributed by atoms with Gasteiger partial charge in [-0.2, -0.15) is 0 Å². The van der Waals surface area contributed by atoms with Gasteiger partial charge in [0.25, 0.3) is 0 Å². The Labute approximate surface area is 103 Å². The Morgan fingerprint density at radius 3 is 3.18 bits per heavy atom. The van der Waals surface area contributed by atoms with Gasteiger partial charge in [0.15, 0.2) is 0 Å². The van der Waals surface area contributed by atoms with Crippen LogP contribution in [0, 0.1) is 5.21 Å². The van der Waals surface area contributed by atoms with Gasteiger partial charge in [0.05, 0.1) is 5.69 Å². The lowest BCUT2D eigenvalue weighted by molar-refractivity contribution is -0.602. The molecule has 5 heteroatoms. The molecule has 1 aliphatic carbocycles. The second-order valence-electron chi connectivity index (χ2n) is 4.34. The van der Waals surface area contributed by atoms with Gasteiger partial charge < -0.3 is 5.21 Å². The van der Waals surface area contributed by atoms with Crippen LogP contribution in [-0.2, 0) is 12.8 Å². The van der Waals surface area contributed by atoms with E-state index in [2.05, 4.69) is 22.5 Å². The summed E-state index contributed by atoms with van der Waals surface area (Å²) in [6.45, 7) is 0. The smallest absolute Gasteiger partial charge is 0.389 e. The number of rotatable bonds is 1. The molecular weight excluding hydrogens is 234 g/mol. The molecule has 2 aromatic rings. The van der Waals surface area contributed by atoms with Crippen molar-refractivity contribution in [3.8, 4) is 0 Å². The Bertz CT molecular complexity index is 539. The molecule has 0 radical (unpaired) electrons. The number of nitrogens with zero attached hydrogens (tertiary/aromatic N) is 2. The first-order chi connectivity index (χ1) is 8.25. The van der Waals surface area contributed by atoms with Crippen molar-refractivity contribution in [2.24, 2.45) is 0 Å². The predicted octanol–water partition coefficient (Wildman–Crippen LogP) is 1.63. The number of hydrogen-bond donors (Lipinski definition) is 1. The van der Waals surface area contributed by atoms with E-state index in [9.17, 15) is 5.21 Å². The Hall–Kier alpha value is -1.62. The summed E-state index contributed by atoms with van der Waals surface area (Å²) in [4.78, 5) is 5.26. The second kappa shape index (κ2) is 4.00. The average Bonchev–Trinajstić information content (AvgIpc) is 2.87. The summed E-state index contributed by atoms with van der Waals surface area (Å²) >= 11 is 1.76. The zero-order valence-electron chi connectivity index (χ0n) is 9.30. The van der Waals surface area contributed by atoms with Crippen LogP contribution in [0.5, 0.6) is 0 Å². The number of thiophene rings is 1. The highest BCUT2D eigenvalue weighted by Gasteiger charge is 2.25. The Balaban J connectivity index is 1.97. The van der Waals surface area contributed by atoms with E-state index in [4.69, 9.17) is 5.73 Å². The van der Waals surface area contributed by atoms with E-state index in [0.717, 1.165) is 35.3 Å². The SMILES string of the molecule is Nc1ncc2c([n+]1[O-])CC(c1cccs1)CC2. The van der Waals surface area contributed by atoms with Gasteiger partial charge in [-0.05, 0) is 24.3 Å². The Morgan fingerprint density at radius 2 is 2.41 bits per heavy atom. The molecule has 88 valence electrons. The molecule has 0 saturated carbocycles. The molecule has 0 bridgehead atoms. The lowest BCUT2D eigenvalue weighted by atomic mass is 9.86. The number of nitrogens with two attached hydrogens (primary N) is 1. The minimum Gasteiger partial charge on any atom is -0.740 e. The van der Waals surface area contributed by atoms with Gasteiger partial charge in [-0.1, -0.05) is 11.1 Å². The summed E-state index contributed by atoms with van der Waals surface area (Å²) in [7, 11) is 0. The van der Waals surface area contributed by atoms with Gasteiger partial charge in [-0.15, -0.1) is 11.3 Å². The van der Waals surface area contributed by atoms with Crippen molar-refractivity contribution in [1.82, 2.24) is 4.98 Å². The highest BCUT2D eigenvalue weighted by molar-refractivity contribution is 7.10. The lowest BCUT2D eigenvalue weighted by Gasteiger charge is -2.25. The standard InChI is InChI=1S/C12H13N3OS/c13-12-14-7-9-4-3-8(6-10(9)15(12)16)11-2-1-5-17-11/h1-2,5,7-8H,3-4,6H2,(H2,13,14). The molecule has 2 aromatic heterocycles. The Kier molecular flexibility index (Phi) is 2.48. The van der Waals surface area contributed by atoms with E-state index in [1.165, 1.54) is 4.88 Å². The number of aromatic nitrogens is 2. The largest absolute Gasteiger partial charge is 0.740 e. The number of aryl methyl sites for hydroxylation is 1. The monoisotopic (exact) mass is 247 g/mol. The van der Waals surface area contributed by atoms with Gasteiger partial charge in [-0.3, -0.25) is 5.73 Å². The van der Waals surface area contributed by atoms with Gasteiger partial charge in [0.1, 0.15) is 6.20 Å². The van der Waals surface area contributed by atoms with Crippen LogP contribution in [0.25, 0.3) is 0 Å². The van der Waals surface area contributed by atoms with Crippen molar-refractivity contribution in [1.29, 1.82) is 0 Å². The maximum atomic E-state index is 11.9. The molecule has 1 aliphatic rings. The molecule has 0 amide bonds. The van der Waals surface area contributed by atoms with Crippen molar-refractivity contribution in [3.05, 3.63) is 45.1 Å². The minimum atomic E-state index is 0.0515. The number of fused-ring (bicyclic) bond motifs is 1. The highest BCUT2D eigenvalue weighted by Crippen LogP contribution is 2.33. The van der Waals surface area contributed by atoms with Crippen LogP contribution in [0.15, 0.2) is 23.7 Å². The molecule has 3 rings (SSSR count). The maximum absolute atomic E-state index is 11.9. The van der Waals surface area contributed by atoms with Crippen molar-refractivity contribution >= 4 is 17.3 Å². The Morgan fingerprint density at radius 1 is 1.53 bits per heavy atom. The lowest BCUT2D eigenvalue weighted by Crippen LogP contribution is -2.40. The van der Waals surface area contributed by atoms with Crippen LogP contribution in [0.2, 0.25) is 0 Å². The fourth-order valence-corrected chi connectivity index (χ4v) is 3.26. The van der Waals surface area contributed by atoms with Gasteiger partial charge in [0, 0.05) is 22.8 Å². The van der Waals surface area contributed by atoms with Crippen LogP contribution in [-0.4, -0.2) is 4.98 Å². The summed E-state index contributed by atoms with van der Waals surface area (Å²) in [6.07, 6.45) is 4.50. The molecule has 0 aromatic carbocycles. The highest BCUT2D eigenvalue weighted by atomic mass is 32.1. The minimum absolute atomic E-state index is 0.0515. The normalized spacial score (nSPS) is 18.9. The molecule has 4 nitrogen and oxygen atoms in total. The van der Waals surface area contributed by atoms with Crippen LogP contribution < -0.4 is 10.5 Å². The molecule has 1 unspecified atom stereocenters. The van der Waals surface area contributed by atoms with Gasteiger partial charge in [-0.25, -0.2) is 4.73 Å². The zero-order chi connectivity index (χ0) is 11.8. The molecule has 0 aliphatic heterocycles. The van der Waals surface area contributed by atoms with Crippen molar-refractivity contribution in [2.45, 2.75) is 25.2 Å². The van der Waals surface area contributed by atoms with E-state index < -0.39 is 0 Å². The van der Waals surface area contributed by atoms with E-state index in [0.29, 0.717) is 5.92 Å². The van der Waals surface area contributed by atoms with E-state index in [-0.39, 0.29) is 5.95 Å². The molecule has 2 N–H and O–H groups in total. The molecule has 0 saturated heterocycles. The predicted molar refractivity (Wildman–Crippen MR) is 66.7 cm³/mol. The first-order valence-electron chi connectivity index (χ1n) is 5.65. The third-order valence-electron chi connectivity index (χ3n) is 3.32. The summed E-state index contributed by atoms with van der Waals surface area (Å²) in [5, 5.41) is 13.9. The fraction of sp³-hybridized carbons (Fsp3) is 0.333. The molecule has 1 atom stereocenters. The number of anilines is 1. The zero-order valence-corrected chi connectivity index (χ0v) is 10.1. The van der Waals surface area contributed by atoms with Crippen LogP contribution in [0.1, 0.15) is 28.5 Å². The number of nitrogen functional groups attached to an aromatic ring is 1. The van der Waals surface area contributed by atoms with Crippen molar-refractivity contribution in [3.63, 3.8) is 0 Å². The maximum Gasteiger partial charge on any atom is 0.389 e. The first-order valence-corrected chi connectivity index (χ1v) is 6.53. The molecule has 17 heavy (non-hydrogen) atoms. The first kappa shape index (κ1) is 10.5. The second-order valence-corrected chi connectivity index (χ2v) is 5.32. The van der Waals surface area contributed by atoms with Gasteiger partial charge in [0.2, 0.25) is 0 Å². The van der Waals surface area contributed by atoms with Crippen LogP contribution in [0.4, 0.5) is 5.95 Å². The molecule has 0 fully saturated rings. The van der Waals surface area contributed by atoms with Crippen molar-refractivity contribution < 1.29 is 4.73 Å². The molecule has 2 heterocycles. The van der Waals surface area contributed by atoms with Gasteiger partial charge >= 0.3 is 5.95 Å². The quantitative estimate of drug-likeness (QED) is 0.615. The summed E-state index contributed by atoms with van der Waals surface area (Å²) in [5.41, 5.74) is 7.39. The average molecular weight is 247 g/mol. The summed E-state index contributed by atoms with van der Waals surface area (Å²) < 4.78 is 0.787. The summed E-state index contributed by atoms with van der Waals surface area (Å²) in [5.74, 6) is 0.500. The third kappa shape index (κ3) is 1.76. The van der Waals surface area contributed by atoms with Crippen LogP contribution >= 0.6 is 11.3 Å².